The second kappa shape index (κ2) is 9.11. The highest BCUT2D eigenvalue weighted by Gasteiger charge is 2.23. The molecule has 1 saturated heterocycles. The van der Waals surface area contributed by atoms with Crippen LogP contribution in [0.25, 0.3) is 0 Å². The van der Waals surface area contributed by atoms with Crippen molar-refractivity contribution in [2.24, 2.45) is 0 Å². The van der Waals surface area contributed by atoms with Crippen molar-refractivity contribution in [3.05, 3.63) is 35.3 Å². The van der Waals surface area contributed by atoms with Crippen LogP contribution in [0.15, 0.2) is 16.8 Å². The topological polar surface area (TPSA) is 67.4 Å². The third-order valence-electron chi connectivity index (χ3n) is 5.57. The summed E-state index contributed by atoms with van der Waals surface area (Å²) in [4.78, 5) is 21.5. The number of amides is 1. The standard InChI is InChI=1S/C22H35N5O2/c1-6-27-15-18(17(2)24-27)8-9-21(28)26-11-7-10-25(12-13-26)16-20-23-14-19(29-20)22(3,4)5/h14-15H,6-13,16H2,1-5H3. The van der Waals surface area contributed by atoms with E-state index in [0.29, 0.717) is 13.0 Å². The van der Waals surface area contributed by atoms with Gasteiger partial charge < -0.3 is 9.32 Å². The van der Waals surface area contributed by atoms with E-state index in [1.165, 1.54) is 5.56 Å². The lowest BCUT2D eigenvalue weighted by molar-refractivity contribution is -0.131. The highest BCUT2D eigenvalue weighted by molar-refractivity contribution is 5.76. The van der Waals surface area contributed by atoms with Gasteiger partial charge in [0.05, 0.1) is 18.4 Å². The van der Waals surface area contributed by atoms with Gasteiger partial charge in [0.15, 0.2) is 0 Å². The Hall–Kier alpha value is -2.15. The fourth-order valence-electron chi connectivity index (χ4n) is 3.67. The number of nitrogens with zero attached hydrogens (tertiary/aromatic N) is 5. The molecule has 2 aromatic heterocycles. The lowest BCUT2D eigenvalue weighted by Crippen LogP contribution is -2.35. The van der Waals surface area contributed by atoms with Gasteiger partial charge in [-0.1, -0.05) is 20.8 Å². The maximum atomic E-state index is 12.7. The van der Waals surface area contributed by atoms with Gasteiger partial charge in [0.2, 0.25) is 11.8 Å². The molecule has 1 aliphatic rings. The van der Waals surface area contributed by atoms with Crippen molar-refractivity contribution < 1.29 is 9.21 Å². The summed E-state index contributed by atoms with van der Waals surface area (Å²) in [5, 5.41) is 4.47. The molecule has 7 nitrogen and oxygen atoms in total. The molecule has 1 aliphatic heterocycles. The molecule has 2 aromatic rings. The van der Waals surface area contributed by atoms with Gasteiger partial charge in [-0.3, -0.25) is 14.4 Å². The third-order valence-corrected chi connectivity index (χ3v) is 5.57. The third kappa shape index (κ3) is 5.69. The van der Waals surface area contributed by atoms with Crippen molar-refractivity contribution in [3.8, 4) is 0 Å². The molecule has 0 spiro atoms. The van der Waals surface area contributed by atoms with Crippen LogP contribution in [0.3, 0.4) is 0 Å². The Morgan fingerprint density at radius 2 is 2.00 bits per heavy atom. The molecule has 1 amide bonds. The van der Waals surface area contributed by atoms with Gasteiger partial charge in [-0.25, -0.2) is 4.98 Å². The van der Waals surface area contributed by atoms with Gasteiger partial charge in [-0.15, -0.1) is 0 Å². The Balaban J connectivity index is 1.49. The molecule has 0 N–H and O–H groups in total. The molecule has 29 heavy (non-hydrogen) atoms. The fourth-order valence-corrected chi connectivity index (χ4v) is 3.67. The Morgan fingerprint density at radius 1 is 1.21 bits per heavy atom. The van der Waals surface area contributed by atoms with E-state index in [0.717, 1.165) is 62.9 Å². The number of hydrogen-bond donors (Lipinski definition) is 0. The van der Waals surface area contributed by atoms with E-state index in [1.54, 1.807) is 0 Å². The number of aryl methyl sites for hydroxylation is 3. The normalized spacial score (nSPS) is 16.2. The fraction of sp³-hybridized carbons (Fsp3) is 0.682. The summed E-state index contributed by atoms with van der Waals surface area (Å²) >= 11 is 0. The minimum atomic E-state index is -0.0285. The van der Waals surface area contributed by atoms with Gasteiger partial charge in [-0.2, -0.15) is 5.10 Å². The lowest BCUT2D eigenvalue weighted by atomic mass is 9.94. The predicted molar refractivity (Wildman–Crippen MR) is 113 cm³/mol. The smallest absolute Gasteiger partial charge is 0.222 e. The SMILES string of the molecule is CCn1cc(CCC(=O)N2CCCN(Cc3ncc(C(C)(C)C)o3)CC2)c(C)n1. The molecule has 0 unspecified atom stereocenters. The molecule has 3 rings (SSSR count). The quantitative estimate of drug-likeness (QED) is 0.744. The second-order valence-electron chi connectivity index (χ2n) is 8.97. The number of oxazole rings is 1. The first-order valence-corrected chi connectivity index (χ1v) is 10.7. The molecule has 0 aliphatic carbocycles. The van der Waals surface area contributed by atoms with Crippen LogP contribution in [-0.2, 0) is 29.7 Å². The van der Waals surface area contributed by atoms with E-state index in [1.807, 2.05) is 22.7 Å². The summed E-state index contributed by atoms with van der Waals surface area (Å²) in [5.74, 6) is 1.92. The summed E-state index contributed by atoms with van der Waals surface area (Å²) in [6, 6.07) is 0. The van der Waals surface area contributed by atoms with E-state index in [-0.39, 0.29) is 11.3 Å². The van der Waals surface area contributed by atoms with E-state index in [2.05, 4.69) is 48.9 Å². The Bertz CT molecular complexity index is 818. The average Bonchev–Trinajstić information content (AvgIpc) is 3.20. The molecule has 0 bridgehead atoms. The van der Waals surface area contributed by atoms with Crippen molar-refractivity contribution in [3.63, 3.8) is 0 Å². The lowest BCUT2D eigenvalue weighted by Gasteiger charge is -2.21. The van der Waals surface area contributed by atoms with Gasteiger partial charge >= 0.3 is 0 Å². The monoisotopic (exact) mass is 401 g/mol. The maximum absolute atomic E-state index is 12.7. The summed E-state index contributed by atoms with van der Waals surface area (Å²) in [6.45, 7) is 15.4. The average molecular weight is 402 g/mol. The van der Waals surface area contributed by atoms with Crippen LogP contribution < -0.4 is 0 Å². The maximum Gasteiger partial charge on any atom is 0.222 e. The van der Waals surface area contributed by atoms with Crippen LogP contribution in [0.2, 0.25) is 0 Å². The molecule has 0 atom stereocenters. The number of carbonyl (C=O) groups excluding carboxylic acids is 1. The Morgan fingerprint density at radius 3 is 2.66 bits per heavy atom. The molecule has 7 heteroatoms. The summed E-state index contributed by atoms with van der Waals surface area (Å²) < 4.78 is 7.87. The number of rotatable bonds is 6. The van der Waals surface area contributed by atoms with Crippen molar-refractivity contribution in [1.82, 2.24) is 24.6 Å². The number of hydrogen-bond acceptors (Lipinski definition) is 5. The number of carbonyl (C=O) groups is 1. The van der Waals surface area contributed by atoms with E-state index in [9.17, 15) is 4.79 Å². The van der Waals surface area contributed by atoms with Crippen LogP contribution in [0.5, 0.6) is 0 Å². The first kappa shape index (κ1) is 21.6. The zero-order chi connectivity index (χ0) is 21.0. The summed E-state index contributed by atoms with van der Waals surface area (Å²) in [5.41, 5.74) is 2.18. The summed E-state index contributed by atoms with van der Waals surface area (Å²) in [7, 11) is 0. The molecular weight excluding hydrogens is 366 g/mol. The van der Waals surface area contributed by atoms with Crippen LogP contribution >= 0.6 is 0 Å². The molecule has 0 aromatic carbocycles. The Kier molecular flexibility index (Phi) is 6.77. The van der Waals surface area contributed by atoms with Gasteiger partial charge in [-0.05, 0) is 32.3 Å². The van der Waals surface area contributed by atoms with Crippen molar-refractivity contribution >= 4 is 5.91 Å². The minimum absolute atomic E-state index is 0.0285. The zero-order valence-corrected chi connectivity index (χ0v) is 18.6. The minimum Gasteiger partial charge on any atom is -0.444 e. The predicted octanol–water partition coefficient (Wildman–Crippen LogP) is 3.16. The van der Waals surface area contributed by atoms with E-state index in [4.69, 9.17) is 4.42 Å². The Labute approximate surface area is 174 Å². The highest BCUT2D eigenvalue weighted by atomic mass is 16.4. The summed E-state index contributed by atoms with van der Waals surface area (Å²) in [6.07, 6.45) is 6.19. The molecular formula is C22H35N5O2. The number of aromatic nitrogens is 3. The van der Waals surface area contributed by atoms with Gasteiger partial charge in [0, 0.05) is 50.8 Å². The van der Waals surface area contributed by atoms with Gasteiger partial charge in [0.1, 0.15) is 5.76 Å². The molecule has 160 valence electrons. The van der Waals surface area contributed by atoms with E-state index >= 15 is 0 Å². The van der Waals surface area contributed by atoms with Crippen molar-refractivity contribution in [1.29, 1.82) is 0 Å². The van der Waals surface area contributed by atoms with E-state index < -0.39 is 0 Å². The highest BCUT2D eigenvalue weighted by Crippen LogP contribution is 2.23. The van der Waals surface area contributed by atoms with Crippen LogP contribution in [0.1, 0.15) is 63.4 Å². The second-order valence-corrected chi connectivity index (χ2v) is 8.97. The molecule has 1 fully saturated rings. The molecule has 0 radical (unpaired) electrons. The molecule has 0 saturated carbocycles. The van der Waals surface area contributed by atoms with Gasteiger partial charge in [0.25, 0.3) is 0 Å². The van der Waals surface area contributed by atoms with Crippen LogP contribution in [0, 0.1) is 6.92 Å². The van der Waals surface area contributed by atoms with Crippen LogP contribution in [0.4, 0.5) is 0 Å². The first-order valence-electron chi connectivity index (χ1n) is 10.7. The first-order chi connectivity index (χ1) is 13.8. The van der Waals surface area contributed by atoms with Crippen molar-refractivity contribution in [2.45, 2.75) is 72.4 Å². The molecule has 3 heterocycles. The van der Waals surface area contributed by atoms with Crippen LogP contribution in [-0.4, -0.2) is 56.7 Å². The largest absolute Gasteiger partial charge is 0.444 e. The zero-order valence-electron chi connectivity index (χ0n) is 18.6. The van der Waals surface area contributed by atoms with Crippen molar-refractivity contribution in [2.75, 3.05) is 26.2 Å².